The topological polar surface area (TPSA) is 110 Å². The lowest BCUT2D eigenvalue weighted by Crippen LogP contribution is -2.39. The predicted octanol–water partition coefficient (Wildman–Crippen LogP) is 2.33. The maximum absolute atomic E-state index is 13.7. The Morgan fingerprint density at radius 2 is 1.81 bits per heavy atom. The number of aliphatic carboxylic acids is 1. The van der Waals surface area contributed by atoms with Crippen LogP contribution in [-0.2, 0) is 14.3 Å². The Hall–Kier alpha value is -4.18. The summed E-state index contributed by atoms with van der Waals surface area (Å²) in [6.45, 7) is 3.26. The van der Waals surface area contributed by atoms with E-state index in [-0.39, 0.29) is 12.2 Å². The van der Waals surface area contributed by atoms with Crippen molar-refractivity contribution >= 4 is 35.0 Å². The number of benzene rings is 2. The van der Waals surface area contributed by atoms with Gasteiger partial charge in [-0.1, -0.05) is 35.6 Å². The summed E-state index contributed by atoms with van der Waals surface area (Å²) in [5, 5.41) is 8.77. The molecule has 3 aromatic rings. The highest BCUT2D eigenvalue weighted by molar-refractivity contribution is 7.07. The zero-order chi connectivity index (χ0) is 26.7. The van der Waals surface area contributed by atoms with Crippen LogP contribution < -0.4 is 24.5 Å². The highest BCUT2D eigenvalue weighted by Gasteiger charge is 2.33. The Kier molecular flexibility index (Phi) is 7.58. The third kappa shape index (κ3) is 5.49. The van der Waals surface area contributed by atoms with Crippen LogP contribution in [0.3, 0.4) is 0 Å². The number of carbonyl (C=O) groups excluding carboxylic acids is 1. The molecule has 2 aromatic carbocycles. The van der Waals surface area contributed by atoms with Crippen molar-refractivity contribution in [2.24, 2.45) is 4.99 Å². The molecule has 0 fully saturated rings. The number of esters is 1. The minimum Gasteiger partial charge on any atom is -0.482 e. The number of hydrogen-bond donors (Lipinski definition) is 1. The van der Waals surface area contributed by atoms with Gasteiger partial charge in [0.15, 0.2) is 11.4 Å². The van der Waals surface area contributed by atoms with Crippen molar-refractivity contribution in [3.8, 4) is 5.75 Å². The standard InChI is InChI=1S/C27H27N3O6S/c1-5-35-26(34)23-16(2)28-27-30(24(23)18-8-10-19(11-9-18)29(3)4)25(33)21(37-27)14-17-6-12-20(13-7-17)36-15-22(31)32/h6-14,24H,5,15H2,1-4H3,(H,31,32)/b21-14+/t24-/m0/s1. The zero-order valence-corrected chi connectivity index (χ0v) is 21.7. The van der Waals surface area contributed by atoms with Gasteiger partial charge in [0.25, 0.3) is 5.56 Å². The van der Waals surface area contributed by atoms with Crippen LogP contribution in [0.25, 0.3) is 6.08 Å². The monoisotopic (exact) mass is 521 g/mol. The number of ether oxygens (including phenoxy) is 2. The van der Waals surface area contributed by atoms with E-state index in [9.17, 15) is 14.4 Å². The second-order valence-electron chi connectivity index (χ2n) is 8.54. The van der Waals surface area contributed by atoms with Gasteiger partial charge in [-0.05, 0) is 55.3 Å². The molecule has 0 unspecified atom stereocenters. The van der Waals surface area contributed by atoms with Crippen LogP contribution in [0.15, 0.2) is 69.6 Å². The Bertz CT molecular complexity index is 1530. The molecule has 0 radical (unpaired) electrons. The molecule has 192 valence electrons. The summed E-state index contributed by atoms with van der Waals surface area (Å²) in [6, 6.07) is 13.8. The summed E-state index contributed by atoms with van der Waals surface area (Å²) in [5.74, 6) is -1.15. The van der Waals surface area contributed by atoms with E-state index < -0.39 is 24.6 Å². The first-order chi connectivity index (χ1) is 17.7. The fourth-order valence-electron chi connectivity index (χ4n) is 4.02. The normalized spacial score (nSPS) is 15.1. The zero-order valence-electron chi connectivity index (χ0n) is 20.9. The van der Waals surface area contributed by atoms with Gasteiger partial charge >= 0.3 is 11.9 Å². The first kappa shape index (κ1) is 25.9. The van der Waals surface area contributed by atoms with Crippen molar-refractivity contribution in [1.29, 1.82) is 0 Å². The maximum Gasteiger partial charge on any atom is 0.341 e. The Labute approximate surface area is 217 Å². The lowest BCUT2D eigenvalue weighted by Gasteiger charge is -2.25. The number of carboxylic acids is 1. The molecule has 0 spiro atoms. The number of allylic oxidation sites excluding steroid dienone is 1. The van der Waals surface area contributed by atoms with E-state index in [0.29, 0.717) is 26.4 Å². The maximum atomic E-state index is 13.7. The predicted molar refractivity (Wildman–Crippen MR) is 141 cm³/mol. The summed E-state index contributed by atoms with van der Waals surface area (Å²) in [4.78, 5) is 44.4. The third-order valence-electron chi connectivity index (χ3n) is 5.78. The number of carbonyl (C=O) groups is 2. The molecule has 1 aliphatic rings. The van der Waals surface area contributed by atoms with E-state index in [1.54, 1.807) is 48.8 Å². The van der Waals surface area contributed by atoms with Gasteiger partial charge in [-0.25, -0.2) is 14.6 Å². The van der Waals surface area contributed by atoms with Gasteiger partial charge in [0.2, 0.25) is 0 Å². The third-order valence-corrected chi connectivity index (χ3v) is 6.77. The highest BCUT2D eigenvalue weighted by atomic mass is 32.1. The molecular weight excluding hydrogens is 494 g/mol. The van der Waals surface area contributed by atoms with Gasteiger partial charge in [0, 0.05) is 19.8 Å². The number of carboxylic acid groups (broad SMARTS) is 1. The van der Waals surface area contributed by atoms with Gasteiger partial charge in [0.05, 0.1) is 28.5 Å². The molecule has 0 saturated carbocycles. The number of nitrogens with zero attached hydrogens (tertiary/aromatic N) is 3. The molecule has 37 heavy (non-hydrogen) atoms. The van der Waals surface area contributed by atoms with Crippen LogP contribution in [0, 0.1) is 0 Å². The molecule has 0 aliphatic carbocycles. The minimum atomic E-state index is -1.06. The van der Waals surface area contributed by atoms with Crippen molar-refractivity contribution in [2.75, 3.05) is 32.2 Å². The van der Waals surface area contributed by atoms with Gasteiger partial charge in [-0.3, -0.25) is 9.36 Å². The molecule has 2 heterocycles. The molecule has 9 nitrogen and oxygen atoms in total. The fourth-order valence-corrected chi connectivity index (χ4v) is 5.07. The summed E-state index contributed by atoms with van der Waals surface area (Å²) >= 11 is 1.24. The Morgan fingerprint density at radius 3 is 2.41 bits per heavy atom. The Morgan fingerprint density at radius 1 is 1.14 bits per heavy atom. The van der Waals surface area contributed by atoms with Gasteiger partial charge < -0.3 is 19.5 Å². The smallest absolute Gasteiger partial charge is 0.341 e. The van der Waals surface area contributed by atoms with Gasteiger partial charge in [-0.2, -0.15) is 0 Å². The van der Waals surface area contributed by atoms with E-state index in [4.69, 9.17) is 14.6 Å². The molecule has 1 N–H and O–H groups in total. The van der Waals surface area contributed by atoms with Gasteiger partial charge in [0.1, 0.15) is 5.75 Å². The number of anilines is 1. The number of aromatic nitrogens is 1. The second kappa shape index (κ2) is 10.8. The number of rotatable bonds is 8. The van der Waals surface area contributed by atoms with Crippen molar-refractivity contribution in [2.45, 2.75) is 19.9 Å². The van der Waals surface area contributed by atoms with Crippen molar-refractivity contribution in [3.63, 3.8) is 0 Å². The van der Waals surface area contributed by atoms with Crippen LogP contribution in [0.5, 0.6) is 5.75 Å². The van der Waals surface area contributed by atoms with Crippen molar-refractivity contribution < 1.29 is 24.2 Å². The first-order valence-corrected chi connectivity index (χ1v) is 12.4. The molecule has 1 aliphatic heterocycles. The molecule has 0 amide bonds. The van der Waals surface area contributed by atoms with E-state index in [1.807, 2.05) is 43.3 Å². The largest absolute Gasteiger partial charge is 0.482 e. The minimum absolute atomic E-state index is 0.207. The van der Waals surface area contributed by atoms with Crippen LogP contribution in [-0.4, -0.2) is 48.9 Å². The summed E-state index contributed by atoms with van der Waals surface area (Å²) in [5.41, 5.74) is 3.07. The van der Waals surface area contributed by atoms with E-state index >= 15 is 0 Å². The average molecular weight is 522 g/mol. The molecule has 1 aromatic heterocycles. The highest BCUT2D eigenvalue weighted by Crippen LogP contribution is 2.31. The number of thiazole rings is 1. The summed E-state index contributed by atoms with van der Waals surface area (Å²) < 4.78 is 12.5. The lowest BCUT2D eigenvalue weighted by molar-refractivity contribution is -0.140. The molecule has 0 bridgehead atoms. The average Bonchev–Trinajstić information content (AvgIpc) is 3.17. The molecular formula is C27H27N3O6S. The molecule has 1 atom stereocenters. The van der Waals surface area contributed by atoms with Crippen LogP contribution in [0.1, 0.15) is 31.0 Å². The van der Waals surface area contributed by atoms with E-state index in [0.717, 1.165) is 16.8 Å². The second-order valence-corrected chi connectivity index (χ2v) is 9.55. The number of fused-ring (bicyclic) bond motifs is 1. The molecule has 10 heteroatoms. The molecule has 0 saturated heterocycles. The Balaban J connectivity index is 1.81. The lowest BCUT2D eigenvalue weighted by atomic mass is 9.95. The first-order valence-electron chi connectivity index (χ1n) is 11.6. The quantitative estimate of drug-likeness (QED) is 0.453. The molecule has 4 rings (SSSR count). The van der Waals surface area contributed by atoms with Crippen molar-refractivity contribution in [3.05, 3.63) is 90.6 Å². The fraction of sp³-hybridized carbons (Fsp3) is 0.259. The summed E-state index contributed by atoms with van der Waals surface area (Å²) in [6.07, 6.45) is 1.74. The van der Waals surface area contributed by atoms with E-state index in [2.05, 4.69) is 4.99 Å². The van der Waals surface area contributed by atoms with Crippen LogP contribution in [0.2, 0.25) is 0 Å². The summed E-state index contributed by atoms with van der Waals surface area (Å²) in [7, 11) is 3.88. The van der Waals surface area contributed by atoms with Gasteiger partial charge in [-0.15, -0.1) is 0 Å². The van der Waals surface area contributed by atoms with Crippen LogP contribution >= 0.6 is 11.3 Å². The van der Waals surface area contributed by atoms with E-state index in [1.165, 1.54) is 11.3 Å². The SMILES string of the molecule is CCOC(=O)C1=C(C)N=c2s/c(=C/c3ccc(OCC(=O)O)cc3)c(=O)n2[C@H]1c1ccc(N(C)C)cc1. The van der Waals surface area contributed by atoms with Crippen LogP contribution in [0.4, 0.5) is 5.69 Å². The van der Waals surface area contributed by atoms with Crippen molar-refractivity contribution in [1.82, 2.24) is 4.57 Å². The number of hydrogen-bond acceptors (Lipinski definition) is 8.